The Labute approximate surface area is 120 Å². The average Bonchev–Trinajstić information content (AvgIpc) is 2.98. The zero-order valence-electron chi connectivity index (χ0n) is 11.9. The lowest BCUT2D eigenvalue weighted by molar-refractivity contribution is 0.151. The van der Waals surface area contributed by atoms with Crippen LogP contribution in [0.15, 0.2) is 59.4 Å². The molecular weight excluding hydrogens is 250 g/mol. The van der Waals surface area contributed by atoms with Crippen molar-refractivity contribution in [2.75, 3.05) is 26.8 Å². The normalized spacial score (nSPS) is 11.5. The highest BCUT2D eigenvalue weighted by Crippen LogP contribution is 2.06. The lowest BCUT2D eigenvalue weighted by Crippen LogP contribution is -2.27. The van der Waals surface area contributed by atoms with Crippen LogP contribution in [-0.2, 0) is 11.3 Å². The van der Waals surface area contributed by atoms with Crippen molar-refractivity contribution in [2.45, 2.75) is 6.54 Å². The first-order valence-corrected chi connectivity index (χ1v) is 6.82. The molecule has 0 fully saturated rings. The molecule has 1 aromatic heterocycles. The highest BCUT2D eigenvalue weighted by molar-refractivity contribution is 5.48. The van der Waals surface area contributed by atoms with Gasteiger partial charge in [-0.3, -0.25) is 4.90 Å². The van der Waals surface area contributed by atoms with Gasteiger partial charge >= 0.3 is 0 Å². The Morgan fingerprint density at radius 1 is 1.20 bits per heavy atom. The van der Waals surface area contributed by atoms with E-state index in [1.165, 1.54) is 11.1 Å². The third-order valence-corrected chi connectivity index (χ3v) is 3.07. The Bertz CT molecular complexity index is 491. The third-order valence-electron chi connectivity index (χ3n) is 3.07. The second kappa shape index (κ2) is 8.35. The van der Waals surface area contributed by atoms with Crippen molar-refractivity contribution in [3.63, 3.8) is 0 Å². The molecule has 0 aliphatic carbocycles. The quantitative estimate of drug-likeness (QED) is 0.735. The van der Waals surface area contributed by atoms with Gasteiger partial charge in [0.15, 0.2) is 0 Å². The number of furan rings is 1. The van der Waals surface area contributed by atoms with Gasteiger partial charge in [-0.25, -0.2) is 0 Å². The van der Waals surface area contributed by atoms with E-state index < -0.39 is 0 Å². The number of ether oxygens (including phenoxy) is 1. The minimum absolute atomic E-state index is 0.733. The summed E-state index contributed by atoms with van der Waals surface area (Å²) < 4.78 is 10.3. The molecule has 3 nitrogen and oxygen atoms in total. The summed E-state index contributed by atoms with van der Waals surface area (Å²) in [5.41, 5.74) is 2.41. The van der Waals surface area contributed by atoms with Crippen molar-refractivity contribution < 1.29 is 9.15 Å². The summed E-state index contributed by atoms with van der Waals surface area (Å²) in [5.74, 6) is 0. The van der Waals surface area contributed by atoms with Crippen molar-refractivity contribution in [3.05, 3.63) is 66.1 Å². The molecule has 106 valence electrons. The molecule has 0 amide bonds. The minimum Gasteiger partial charge on any atom is -0.472 e. The molecule has 1 aromatic carbocycles. The van der Waals surface area contributed by atoms with Gasteiger partial charge in [0.05, 0.1) is 19.1 Å². The molecule has 0 aliphatic rings. The highest BCUT2D eigenvalue weighted by atomic mass is 16.5. The van der Waals surface area contributed by atoms with Gasteiger partial charge in [-0.2, -0.15) is 0 Å². The van der Waals surface area contributed by atoms with E-state index in [9.17, 15) is 0 Å². The van der Waals surface area contributed by atoms with E-state index in [0.29, 0.717) is 0 Å². The van der Waals surface area contributed by atoms with E-state index in [1.807, 2.05) is 24.3 Å². The summed E-state index contributed by atoms with van der Waals surface area (Å²) in [5, 5.41) is 0. The number of methoxy groups -OCH3 is 1. The van der Waals surface area contributed by atoms with Crippen LogP contribution < -0.4 is 0 Å². The number of benzene rings is 1. The SMILES string of the molecule is COCCN(CC=Cc1ccccc1)Cc1ccoc1. The number of hydrogen-bond donors (Lipinski definition) is 0. The average molecular weight is 271 g/mol. The van der Waals surface area contributed by atoms with Gasteiger partial charge in [0.1, 0.15) is 0 Å². The Morgan fingerprint density at radius 3 is 2.75 bits per heavy atom. The van der Waals surface area contributed by atoms with Gasteiger partial charge in [-0.05, 0) is 11.6 Å². The molecule has 0 atom stereocenters. The van der Waals surface area contributed by atoms with Gasteiger partial charge in [0, 0.05) is 32.3 Å². The van der Waals surface area contributed by atoms with Crippen LogP contribution in [0.25, 0.3) is 6.08 Å². The zero-order valence-corrected chi connectivity index (χ0v) is 11.9. The highest BCUT2D eigenvalue weighted by Gasteiger charge is 2.04. The van der Waals surface area contributed by atoms with Crippen molar-refractivity contribution in [2.24, 2.45) is 0 Å². The van der Waals surface area contributed by atoms with Crippen LogP contribution in [0.2, 0.25) is 0 Å². The van der Waals surface area contributed by atoms with Gasteiger partial charge in [-0.1, -0.05) is 42.5 Å². The largest absolute Gasteiger partial charge is 0.472 e. The number of hydrogen-bond acceptors (Lipinski definition) is 3. The maximum Gasteiger partial charge on any atom is 0.0947 e. The van der Waals surface area contributed by atoms with Crippen molar-refractivity contribution in [3.8, 4) is 0 Å². The van der Waals surface area contributed by atoms with Crippen molar-refractivity contribution in [1.29, 1.82) is 0 Å². The van der Waals surface area contributed by atoms with Crippen LogP contribution in [0, 0.1) is 0 Å². The van der Waals surface area contributed by atoms with Crippen LogP contribution in [0.5, 0.6) is 0 Å². The second-order valence-corrected chi connectivity index (χ2v) is 4.67. The molecule has 0 saturated heterocycles. The molecule has 2 rings (SSSR count). The Balaban J connectivity index is 1.88. The summed E-state index contributed by atoms with van der Waals surface area (Å²) in [6.45, 7) is 3.40. The van der Waals surface area contributed by atoms with E-state index >= 15 is 0 Å². The number of nitrogens with zero attached hydrogens (tertiary/aromatic N) is 1. The second-order valence-electron chi connectivity index (χ2n) is 4.67. The molecular formula is C17H21NO2. The maximum atomic E-state index is 5.17. The van der Waals surface area contributed by atoms with E-state index in [2.05, 4.69) is 29.2 Å². The lowest BCUT2D eigenvalue weighted by Gasteiger charge is -2.19. The molecule has 3 heteroatoms. The lowest BCUT2D eigenvalue weighted by atomic mass is 10.2. The fourth-order valence-corrected chi connectivity index (χ4v) is 2.00. The van der Waals surface area contributed by atoms with Crippen LogP contribution in [0.3, 0.4) is 0 Å². The monoisotopic (exact) mass is 271 g/mol. The van der Waals surface area contributed by atoms with Crippen molar-refractivity contribution >= 4 is 6.08 Å². The standard InChI is InChI=1S/C17H21NO2/c1-19-13-11-18(14-17-9-12-20-15-17)10-5-8-16-6-3-2-4-7-16/h2-9,12,15H,10-11,13-14H2,1H3. The molecule has 0 spiro atoms. The molecule has 2 aromatic rings. The molecule has 1 heterocycles. The number of rotatable bonds is 8. The first kappa shape index (κ1) is 14.6. The predicted octanol–water partition coefficient (Wildman–Crippen LogP) is 3.44. The van der Waals surface area contributed by atoms with Crippen LogP contribution in [0.1, 0.15) is 11.1 Å². The smallest absolute Gasteiger partial charge is 0.0947 e. The fourth-order valence-electron chi connectivity index (χ4n) is 2.00. The van der Waals surface area contributed by atoms with Gasteiger partial charge < -0.3 is 9.15 Å². The molecule has 20 heavy (non-hydrogen) atoms. The maximum absolute atomic E-state index is 5.17. The summed E-state index contributed by atoms with van der Waals surface area (Å²) >= 11 is 0. The molecule has 0 radical (unpaired) electrons. The summed E-state index contributed by atoms with van der Waals surface area (Å²) in [7, 11) is 1.73. The van der Waals surface area contributed by atoms with Crippen LogP contribution in [0.4, 0.5) is 0 Å². The third kappa shape index (κ3) is 5.03. The van der Waals surface area contributed by atoms with E-state index in [4.69, 9.17) is 9.15 Å². The molecule has 0 unspecified atom stereocenters. The van der Waals surface area contributed by atoms with E-state index in [0.717, 1.165) is 26.2 Å². The first-order chi connectivity index (χ1) is 9.88. The first-order valence-electron chi connectivity index (χ1n) is 6.82. The summed E-state index contributed by atoms with van der Waals surface area (Å²) in [4.78, 5) is 2.33. The Hall–Kier alpha value is -1.84. The van der Waals surface area contributed by atoms with E-state index in [1.54, 1.807) is 19.6 Å². The molecule has 0 aliphatic heterocycles. The Kier molecular flexibility index (Phi) is 6.08. The topological polar surface area (TPSA) is 25.6 Å². The predicted molar refractivity (Wildman–Crippen MR) is 81.3 cm³/mol. The molecule has 0 bridgehead atoms. The molecule has 0 saturated carbocycles. The summed E-state index contributed by atoms with van der Waals surface area (Å²) in [6, 6.07) is 12.3. The van der Waals surface area contributed by atoms with Gasteiger partial charge in [0.25, 0.3) is 0 Å². The zero-order chi connectivity index (χ0) is 14.0. The van der Waals surface area contributed by atoms with Crippen molar-refractivity contribution in [1.82, 2.24) is 4.90 Å². The van der Waals surface area contributed by atoms with Gasteiger partial charge in [-0.15, -0.1) is 0 Å². The molecule has 0 N–H and O–H groups in total. The van der Waals surface area contributed by atoms with E-state index in [-0.39, 0.29) is 0 Å². The Morgan fingerprint density at radius 2 is 2.05 bits per heavy atom. The summed E-state index contributed by atoms with van der Waals surface area (Å²) in [6.07, 6.45) is 7.84. The minimum atomic E-state index is 0.733. The van der Waals surface area contributed by atoms with Gasteiger partial charge in [0.2, 0.25) is 0 Å². The van der Waals surface area contributed by atoms with Crippen LogP contribution >= 0.6 is 0 Å². The fraction of sp³-hybridized carbons (Fsp3) is 0.294. The van der Waals surface area contributed by atoms with Crippen LogP contribution in [-0.4, -0.2) is 31.7 Å².